The van der Waals surface area contributed by atoms with E-state index < -0.39 is 16.1 Å². The molecule has 0 aliphatic carbocycles. The number of sulfonamides is 1. The van der Waals surface area contributed by atoms with E-state index in [0.29, 0.717) is 17.9 Å². The van der Waals surface area contributed by atoms with Gasteiger partial charge in [-0.2, -0.15) is 0 Å². The maximum atomic E-state index is 12.9. The van der Waals surface area contributed by atoms with Gasteiger partial charge in [-0.25, -0.2) is 13.1 Å². The van der Waals surface area contributed by atoms with Crippen LogP contribution in [-0.2, 0) is 21.2 Å². The quantitative estimate of drug-likeness (QED) is 0.730. The molecule has 1 amide bonds. The second-order valence-electron chi connectivity index (χ2n) is 6.49. The summed E-state index contributed by atoms with van der Waals surface area (Å²) in [6, 6.07) is 12.2. The lowest BCUT2D eigenvalue weighted by molar-refractivity contribution is -0.118. The number of benzene rings is 2. The van der Waals surface area contributed by atoms with Crippen molar-refractivity contribution in [3.8, 4) is 5.75 Å². The fourth-order valence-corrected chi connectivity index (χ4v) is 4.38. The summed E-state index contributed by atoms with van der Waals surface area (Å²) in [6.45, 7) is 0.596. The normalized spacial score (nSPS) is 14.7. The maximum Gasteiger partial charge on any atom is 0.228 e. The lowest BCUT2D eigenvalue weighted by Crippen LogP contribution is -2.35. The fraction of sp³-hybridized carbons (Fsp3) is 0.316. The van der Waals surface area contributed by atoms with E-state index in [4.69, 9.17) is 4.74 Å². The van der Waals surface area contributed by atoms with Gasteiger partial charge in [0, 0.05) is 23.1 Å². The summed E-state index contributed by atoms with van der Waals surface area (Å²) in [5, 5.41) is 0. The molecule has 144 valence electrons. The van der Waals surface area contributed by atoms with Crippen LogP contribution >= 0.6 is 15.9 Å². The van der Waals surface area contributed by atoms with E-state index >= 15 is 0 Å². The molecule has 1 aliphatic heterocycles. The van der Waals surface area contributed by atoms with Crippen LogP contribution in [0, 0.1) is 0 Å². The minimum Gasteiger partial charge on any atom is -0.497 e. The molecule has 0 saturated heterocycles. The molecule has 0 aromatic heterocycles. The Hall–Kier alpha value is -1.90. The molecule has 1 heterocycles. The van der Waals surface area contributed by atoms with E-state index in [1.165, 1.54) is 0 Å². The Kier molecular flexibility index (Phi) is 5.88. The van der Waals surface area contributed by atoms with Crippen LogP contribution in [0.4, 0.5) is 5.69 Å². The number of fused-ring (bicyclic) bond motifs is 1. The van der Waals surface area contributed by atoms with Crippen LogP contribution in [-0.4, -0.2) is 34.2 Å². The molecule has 2 aromatic carbocycles. The summed E-state index contributed by atoms with van der Waals surface area (Å²) < 4.78 is 32.3. The monoisotopic (exact) mass is 452 g/mol. The Balaban J connectivity index is 1.83. The van der Waals surface area contributed by atoms with Crippen LogP contribution in [0.2, 0.25) is 0 Å². The highest BCUT2D eigenvalue weighted by Gasteiger charge is 2.28. The second-order valence-corrected chi connectivity index (χ2v) is 9.18. The first kappa shape index (κ1) is 19.9. The van der Waals surface area contributed by atoms with Gasteiger partial charge in [0.15, 0.2) is 0 Å². The Morgan fingerprint density at radius 3 is 2.59 bits per heavy atom. The first-order valence-electron chi connectivity index (χ1n) is 8.47. The van der Waals surface area contributed by atoms with Crippen molar-refractivity contribution in [3.63, 3.8) is 0 Å². The van der Waals surface area contributed by atoms with E-state index in [2.05, 4.69) is 20.7 Å². The van der Waals surface area contributed by atoms with Crippen molar-refractivity contribution in [1.82, 2.24) is 4.72 Å². The van der Waals surface area contributed by atoms with Crippen LogP contribution in [0.25, 0.3) is 0 Å². The van der Waals surface area contributed by atoms with Crippen LogP contribution in [0.1, 0.15) is 23.6 Å². The molecule has 1 unspecified atom stereocenters. The van der Waals surface area contributed by atoms with Crippen molar-refractivity contribution in [2.75, 3.05) is 24.8 Å². The smallest absolute Gasteiger partial charge is 0.228 e. The zero-order valence-corrected chi connectivity index (χ0v) is 17.5. The van der Waals surface area contributed by atoms with Crippen LogP contribution in [0.15, 0.2) is 46.9 Å². The maximum absolute atomic E-state index is 12.9. The lowest BCUT2D eigenvalue weighted by Gasteiger charge is -2.23. The molecule has 0 saturated carbocycles. The molecule has 6 nitrogen and oxygen atoms in total. The number of carbonyl (C=O) groups excluding carboxylic acids is 1. The zero-order valence-electron chi connectivity index (χ0n) is 15.1. The van der Waals surface area contributed by atoms with Gasteiger partial charge in [-0.15, -0.1) is 0 Å². The van der Waals surface area contributed by atoms with Gasteiger partial charge in [-0.1, -0.05) is 28.1 Å². The summed E-state index contributed by atoms with van der Waals surface area (Å²) in [6.07, 6.45) is 1.92. The first-order chi connectivity index (χ1) is 12.8. The van der Waals surface area contributed by atoms with Crippen molar-refractivity contribution < 1.29 is 17.9 Å². The standard InChI is InChI=1S/C19H21BrN2O4S/c1-26-16-6-3-13(4-7-16)17(21-27(2,24)25)12-19(23)22-10-9-14-11-15(20)5-8-18(14)22/h3-8,11,17,21H,9-10,12H2,1-2H3. The van der Waals surface area contributed by atoms with Crippen LogP contribution < -0.4 is 14.4 Å². The summed E-state index contributed by atoms with van der Waals surface area (Å²) >= 11 is 3.45. The van der Waals surface area contributed by atoms with Crippen molar-refractivity contribution >= 4 is 37.5 Å². The Bertz CT molecular complexity index is 945. The number of nitrogens with zero attached hydrogens (tertiary/aromatic N) is 1. The summed E-state index contributed by atoms with van der Waals surface area (Å²) in [5.41, 5.74) is 2.70. The molecule has 3 rings (SSSR count). The molecule has 0 radical (unpaired) electrons. The minimum atomic E-state index is -3.48. The van der Waals surface area contributed by atoms with E-state index in [1.54, 1.807) is 36.3 Å². The van der Waals surface area contributed by atoms with Gasteiger partial charge in [-0.3, -0.25) is 4.79 Å². The van der Waals surface area contributed by atoms with Gasteiger partial charge in [-0.05, 0) is 47.9 Å². The number of nitrogens with one attached hydrogen (secondary N) is 1. The van der Waals surface area contributed by atoms with Gasteiger partial charge < -0.3 is 9.64 Å². The Labute approximate surface area is 167 Å². The highest BCUT2D eigenvalue weighted by molar-refractivity contribution is 9.10. The third-order valence-electron chi connectivity index (χ3n) is 4.49. The Morgan fingerprint density at radius 1 is 1.26 bits per heavy atom. The predicted molar refractivity (Wildman–Crippen MR) is 109 cm³/mol. The molecular formula is C19H21BrN2O4S. The summed E-state index contributed by atoms with van der Waals surface area (Å²) in [7, 11) is -1.92. The molecule has 27 heavy (non-hydrogen) atoms. The minimum absolute atomic E-state index is 0.0366. The second kappa shape index (κ2) is 8.00. The van der Waals surface area contributed by atoms with E-state index in [-0.39, 0.29) is 12.3 Å². The van der Waals surface area contributed by atoms with Crippen molar-refractivity contribution in [2.45, 2.75) is 18.9 Å². The average Bonchev–Trinajstić information content (AvgIpc) is 3.03. The molecule has 1 atom stereocenters. The summed E-state index contributed by atoms with van der Waals surface area (Å²) in [4.78, 5) is 14.7. The highest BCUT2D eigenvalue weighted by atomic mass is 79.9. The molecule has 1 aliphatic rings. The van der Waals surface area contributed by atoms with Gasteiger partial charge >= 0.3 is 0 Å². The average molecular weight is 453 g/mol. The largest absolute Gasteiger partial charge is 0.497 e. The molecule has 0 spiro atoms. The molecule has 2 aromatic rings. The number of methoxy groups -OCH3 is 1. The topological polar surface area (TPSA) is 75.7 Å². The fourth-order valence-electron chi connectivity index (χ4n) is 3.24. The summed E-state index contributed by atoms with van der Waals surface area (Å²) in [5.74, 6) is 0.551. The van der Waals surface area contributed by atoms with Gasteiger partial charge in [0.25, 0.3) is 0 Å². The van der Waals surface area contributed by atoms with Crippen LogP contribution in [0.5, 0.6) is 5.75 Å². The molecule has 8 heteroatoms. The molecular weight excluding hydrogens is 432 g/mol. The predicted octanol–water partition coefficient (Wildman–Crippen LogP) is 3.03. The van der Waals surface area contributed by atoms with Crippen molar-refractivity contribution in [2.24, 2.45) is 0 Å². The Morgan fingerprint density at radius 2 is 1.96 bits per heavy atom. The number of rotatable bonds is 6. The molecule has 1 N–H and O–H groups in total. The number of ether oxygens (including phenoxy) is 1. The van der Waals surface area contributed by atoms with Gasteiger partial charge in [0.05, 0.1) is 19.4 Å². The van der Waals surface area contributed by atoms with Gasteiger partial charge in [0.2, 0.25) is 15.9 Å². The third-order valence-corrected chi connectivity index (χ3v) is 5.70. The lowest BCUT2D eigenvalue weighted by atomic mass is 10.0. The number of anilines is 1. The number of carbonyl (C=O) groups is 1. The number of hydrogen-bond acceptors (Lipinski definition) is 4. The molecule has 0 fully saturated rings. The SMILES string of the molecule is COc1ccc(C(CC(=O)N2CCc3cc(Br)ccc32)NS(C)(=O)=O)cc1. The number of amides is 1. The third kappa shape index (κ3) is 4.88. The highest BCUT2D eigenvalue weighted by Crippen LogP contribution is 2.32. The van der Waals surface area contributed by atoms with Crippen molar-refractivity contribution in [3.05, 3.63) is 58.1 Å². The van der Waals surface area contributed by atoms with Crippen molar-refractivity contribution in [1.29, 1.82) is 0 Å². The van der Waals surface area contributed by atoms with E-state index in [0.717, 1.165) is 28.4 Å². The first-order valence-corrected chi connectivity index (χ1v) is 11.2. The number of halogens is 1. The van der Waals surface area contributed by atoms with E-state index in [1.807, 2.05) is 18.2 Å². The van der Waals surface area contributed by atoms with E-state index in [9.17, 15) is 13.2 Å². The number of hydrogen-bond donors (Lipinski definition) is 1. The zero-order chi connectivity index (χ0) is 19.6. The van der Waals surface area contributed by atoms with Crippen LogP contribution in [0.3, 0.4) is 0 Å². The van der Waals surface area contributed by atoms with Gasteiger partial charge in [0.1, 0.15) is 5.75 Å². The molecule has 0 bridgehead atoms.